The van der Waals surface area contributed by atoms with Crippen LogP contribution in [-0.4, -0.2) is 16.8 Å². The Kier molecular flexibility index (Phi) is 4.08. The molecule has 0 aromatic heterocycles. The Morgan fingerprint density at radius 2 is 2.00 bits per heavy atom. The van der Waals surface area contributed by atoms with Crippen LogP contribution in [0.2, 0.25) is 0 Å². The van der Waals surface area contributed by atoms with Crippen molar-refractivity contribution in [1.29, 1.82) is 0 Å². The second-order valence-electron chi connectivity index (χ2n) is 3.82. The minimum atomic E-state index is -0.743. The van der Waals surface area contributed by atoms with Crippen molar-refractivity contribution in [2.45, 2.75) is 13.0 Å². The molecule has 0 aliphatic carbocycles. The van der Waals surface area contributed by atoms with Crippen LogP contribution >= 0.6 is 15.9 Å². The first kappa shape index (κ1) is 12.4. The summed E-state index contributed by atoms with van der Waals surface area (Å²) in [5.41, 5.74) is 0.0723. The van der Waals surface area contributed by atoms with E-state index in [0.717, 1.165) is 10.0 Å². The number of aliphatic hydroxyl groups is 2. The van der Waals surface area contributed by atoms with Gasteiger partial charge in [0.05, 0.1) is 12.7 Å². The van der Waals surface area contributed by atoms with Crippen LogP contribution in [0.4, 0.5) is 0 Å². The molecule has 0 radical (unpaired) electrons. The summed E-state index contributed by atoms with van der Waals surface area (Å²) in [7, 11) is 0. The van der Waals surface area contributed by atoms with Gasteiger partial charge in [-0.25, -0.2) is 0 Å². The lowest BCUT2D eigenvalue weighted by Gasteiger charge is -2.29. The van der Waals surface area contributed by atoms with Gasteiger partial charge in [-0.1, -0.05) is 41.1 Å². The highest BCUT2D eigenvalue weighted by atomic mass is 79.9. The number of rotatable bonds is 4. The molecule has 82 valence electrons. The molecule has 2 atom stereocenters. The average molecular weight is 271 g/mol. The van der Waals surface area contributed by atoms with Gasteiger partial charge in [0.1, 0.15) is 0 Å². The second-order valence-corrected chi connectivity index (χ2v) is 4.74. The molecular weight excluding hydrogens is 256 g/mol. The molecule has 0 amide bonds. The zero-order valence-corrected chi connectivity index (χ0v) is 10.2. The number of benzene rings is 1. The van der Waals surface area contributed by atoms with Crippen molar-refractivity contribution in [2.75, 3.05) is 6.61 Å². The van der Waals surface area contributed by atoms with Crippen LogP contribution in [0.3, 0.4) is 0 Å². The molecule has 1 aromatic carbocycles. The third-order valence-electron chi connectivity index (χ3n) is 2.62. The molecule has 2 N–H and O–H groups in total. The highest BCUT2D eigenvalue weighted by Gasteiger charge is 2.30. The summed E-state index contributed by atoms with van der Waals surface area (Å²) in [6.45, 7) is 5.28. The maximum atomic E-state index is 10.1. The van der Waals surface area contributed by atoms with Crippen LogP contribution in [0.5, 0.6) is 0 Å². The summed E-state index contributed by atoms with van der Waals surface area (Å²) >= 11 is 3.33. The number of hydrogen-bond donors (Lipinski definition) is 2. The van der Waals surface area contributed by atoms with E-state index in [9.17, 15) is 10.2 Å². The van der Waals surface area contributed by atoms with Gasteiger partial charge in [0.15, 0.2) is 0 Å². The maximum absolute atomic E-state index is 10.1. The molecule has 0 spiro atoms. The van der Waals surface area contributed by atoms with Crippen molar-refractivity contribution in [3.05, 3.63) is 47.0 Å². The maximum Gasteiger partial charge on any atom is 0.0899 e. The summed E-state index contributed by atoms with van der Waals surface area (Å²) in [4.78, 5) is 0. The van der Waals surface area contributed by atoms with Crippen LogP contribution in [0.15, 0.2) is 41.4 Å². The third-order valence-corrected chi connectivity index (χ3v) is 3.15. The predicted molar refractivity (Wildman–Crippen MR) is 64.5 cm³/mol. The average Bonchev–Trinajstić information content (AvgIpc) is 2.28. The topological polar surface area (TPSA) is 40.5 Å². The van der Waals surface area contributed by atoms with Crippen LogP contribution in [-0.2, 0) is 0 Å². The first-order valence-electron chi connectivity index (χ1n) is 4.71. The van der Waals surface area contributed by atoms with Crippen molar-refractivity contribution in [3.8, 4) is 0 Å². The van der Waals surface area contributed by atoms with Crippen molar-refractivity contribution >= 4 is 15.9 Å². The Hall–Kier alpha value is -0.640. The fourth-order valence-corrected chi connectivity index (χ4v) is 1.55. The highest BCUT2D eigenvalue weighted by molar-refractivity contribution is 9.10. The third kappa shape index (κ3) is 2.68. The van der Waals surface area contributed by atoms with E-state index in [1.807, 2.05) is 24.3 Å². The fraction of sp³-hybridized carbons (Fsp3) is 0.333. The molecular formula is C12H15BrO2. The molecule has 0 bridgehead atoms. The smallest absolute Gasteiger partial charge is 0.0899 e. The summed E-state index contributed by atoms with van der Waals surface area (Å²) in [5.74, 6) is 0. The molecule has 0 fully saturated rings. The molecule has 1 aromatic rings. The van der Waals surface area contributed by atoms with E-state index < -0.39 is 11.5 Å². The van der Waals surface area contributed by atoms with Crippen LogP contribution in [0.25, 0.3) is 0 Å². The van der Waals surface area contributed by atoms with Crippen LogP contribution in [0.1, 0.15) is 18.6 Å². The van der Waals surface area contributed by atoms with Crippen molar-refractivity contribution in [1.82, 2.24) is 0 Å². The van der Waals surface area contributed by atoms with E-state index in [2.05, 4.69) is 22.5 Å². The van der Waals surface area contributed by atoms with Crippen molar-refractivity contribution in [3.63, 3.8) is 0 Å². The van der Waals surface area contributed by atoms with Gasteiger partial charge in [0.2, 0.25) is 0 Å². The van der Waals surface area contributed by atoms with Gasteiger partial charge in [0, 0.05) is 9.89 Å². The molecule has 0 unspecified atom stereocenters. The summed E-state index contributed by atoms with van der Waals surface area (Å²) in [6.07, 6.45) is 0.841. The number of hydrogen-bond acceptors (Lipinski definition) is 2. The molecule has 0 heterocycles. The largest absolute Gasteiger partial charge is 0.395 e. The Morgan fingerprint density at radius 1 is 1.47 bits per heavy atom. The van der Waals surface area contributed by atoms with Gasteiger partial charge < -0.3 is 10.2 Å². The van der Waals surface area contributed by atoms with Gasteiger partial charge >= 0.3 is 0 Å². The Morgan fingerprint density at radius 3 is 2.40 bits per heavy atom. The van der Waals surface area contributed by atoms with E-state index in [-0.39, 0.29) is 6.61 Å². The van der Waals surface area contributed by atoms with Gasteiger partial charge in [0.25, 0.3) is 0 Å². The van der Waals surface area contributed by atoms with Crippen molar-refractivity contribution < 1.29 is 10.2 Å². The Balaban J connectivity index is 2.97. The number of aliphatic hydroxyl groups excluding tert-OH is 2. The van der Waals surface area contributed by atoms with E-state index >= 15 is 0 Å². The SMILES string of the molecule is C=C[C@@](C)(CO)[C@@H](O)c1ccc(Br)cc1. The van der Waals surface area contributed by atoms with Crippen LogP contribution < -0.4 is 0 Å². The van der Waals surface area contributed by atoms with Crippen LogP contribution in [0, 0.1) is 5.41 Å². The first-order valence-corrected chi connectivity index (χ1v) is 5.51. The molecule has 0 saturated carbocycles. The molecule has 15 heavy (non-hydrogen) atoms. The lowest BCUT2D eigenvalue weighted by Crippen LogP contribution is -2.27. The highest BCUT2D eigenvalue weighted by Crippen LogP contribution is 2.34. The monoisotopic (exact) mass is 270 g/mol. The molecule has 0 aliphatic rings. The van der Waals surface area contributed by atoms with Gasteiger partial charge in [-0.3, -0.25) is 0 Å². The van der Waals surface area contributed by atoms with E-state index in [4.69, 9.17) is 0 Å². The molecule has 1 rings (SSSR count). The van der Waals surface area contributed by atoms with E-state index in [1.165, 1.54) is 0 Å². The minimum Gasteiger partial charge on any atom is -0.395 e. The van der Waals surface area contributed by atoms with E-state index in [0.29, 0.717) is 0 Å². The lowest BCUT2D eigenvalue weighted by molar-refractivity contribution is 0.0269. The lowest BCUT2D eigenvalue weighted by atomic mass is 9.81. The summed E-state index contributed by atoms with van der Waals surface area (Å²) in [5, 5.41) is 19.3. The standard InChI is InChI=1S/C12H15BrO2/c1-3-12(2,8-14)11(15)9-4-6-10(13)7-5-9/h3-7,11,14-15H,1,8H2,2H3/t11-,12-/m0/s1. The quantitative estimate of drug-likeness (QED) is 0.826. The predicted octanol–water partition coefficient (Wildman–Crippen LogP) is 2.67. The van der Waals surface area contributed by atoms with Gasteiger partial charge in [-0.15, -0.1) is 6.58 Å². The Labute approximate surface area is 98.4 Å². The summed E-state index contributed by atoms with van der Waals surface area (Å²) in [6, 6.07) is 7.37. The minimum absolute atomic E-state index is 0.131. The molecule has 0 aliphatic heterocycles. The van der Waals surface area contributed by atoms with Crippen molar-refractivity contribution in [2.24, 2.45) is 5.41 Å². The number of halogens is 1. The molecule has 2 nitrogen and oxygen atoms in total. The summed E-state index contributed by atoms with van der Waals surface area (Å²) < 4.78 is 0.961. The zero-order chi connectivity index (χ0) is 11.5. The molecule has 0 saturated heterocycles. The normalized spacial score (nSPS) is 16.8. The second kappa shape index (κ2) is 4.92. The first-order chi connectivity index (χ1) is 7.03. The zero-order valence-electron chi connectivity index (χ0n) is 8.65. The van der Waals surface area contributed by atoms with Gasteiger partial charge in [-0.2, -0.15) is 0 Å². The van der Waals surface area contributed by atoms with E-state index in [1.54, 1.807) is 13.0 Å². The Bertz CT molecular complexity index is 334. The fourth-order valence-electron chi connectivity index (χ4n) is 1.29. The molecule has 3 heteroatoms. The van der Waals surface area contributed by atoms with Gasteiger partial charge in [-0.05, 0) is 17.7 Å².